The van der Waals surface area contributed by atoms with Gasteiger partial charge in [-0.25, -0.2) is 9.97 Å². The van der Waals surface area contributed by atoms with Crippen LogP contribution in [0.5, 0.6) is 5.75 Å². The van der Waals surface area contributed by atoms with Crippen molar-refractivity contribution in [2.75, 3.05) is 20.3 Å². The summed E-state index contributed by atoms with van der Waals surface area (Å²) in [6.07, 6.45) is 1.45. The van der Waals surface area contributed by atoms with Crippen LogP contribution in [0.2, 0.25) is 5.15 Å². The molecule has 0 aliphatic heterocycles. The Morgan fingerprint density at radius 2 is 1.95 bits per heavy atom. The molecule has 19 heavy (non-hydrogen) atoms. The van der Waals surface area contributed by atoms with Crippen LogP contribution >= 0.6 is 11.6 Å². The van der Waals surface area contributed by atoms with Crippen LogP contribution in [0.15, 0.2) is 30.6 Å². The minimum Gasteiger partial charge on any atom is -0.490 e. The molecule has 0 saturated carbocycles. The fourth-order valence-corrected chi connectivity index (χ4v) is 1.86. The maximum absolute atomic E-state index is 6.03. The van der Waals surface area contributed by atoms with Crippen LogP contribution in [0, 0.1) is 6.92 Å². The highest BCUT2D eigenvalue weighted by molar-refractivity contribution is 6.30. The van der Waals surface area contributed by atoms with E-state index < -0.39 is 0 Å². The van der Waals surface area contributed by atoms with Gasteiger partial charge in [-0.3, -0.25) is 0 Å². The summed E-state index contributed by atoms with van der Waals surface area (Å²) in [5.74, 6) is 0.761. The Kier molecular flexibility index (Phi) is 4.71. The van der Waals surface area contributed by atoms with Crippen LogP contribution in [-0.4, -0.2) is 30.3 Å². The highest BCUT2D eigenvalue weighted by atomic mass is 35.5. The molecule has 0 bridgehead atoms. The molecule has 0 aliphatic rings. The molecule has 4 nitrogen and oxygen atoms in total. The topological polar surface area (TPSA) is 44.2 Å². The smallest absolute Gasteiger partial charge is 0.135 e. The number of benzene rings is 1. The van der Waals surface area contributed by atoms with Gasteiger partial charge in [-0.05, 0) is 19.1 Å². The molecule has 1 aromatic heterocycles. The lowest BCUT2D eigenvalue weighted by Gasteiger charge is -2.12. The summed E-state index contributed by atoms with van der Waals surface area (Å²) in [7, 11) is 1.64. The SMILES string of the molecule is COCCOc1ccccc1-c1ncnc(Cl)c1C. The number of hydrogen-bond acceptors (Lipinski definition) is 4. The van der Waals surface area contributed by atoms with Gasteiger partial charge in [-0.2, -0.15) is 0 Å². The van der Waals surface area contributed by atoms with E-state index in [2.05, 4.69) is 9.97 Å². The lowest BCUT2D eigenvalue weighted by Crippen LogP contribution is -2.05. The maximum atomic E-state index is 6.03. The van der Waals surface area contributed by atoms with Crippen LogP contribution in [0.3, 0.4) is 0 Å². The molecule has 0 saturated heterocycles. The summed E-state index contributed by atoms with van der Waals surface area (Å²) in [5, 5.41) is 0.455. The van der Waals surface area contributed by atoms with Crippen LogP contribution in [0.1, 0.15) is 5.56 Å². The Hall–Kier alpha value is -1.65. The summed E-state index contributed by atoms with van der Waals surface area (Å²) in [4.78, 5) is 8.25. The van der Waals surface area contributed by atoms with E-state index in [0.29, 0.717) is 18.4 Å². The second kappa shape index (κ2) is 6.50. The number of hydrogen-bond donors (Lipinski definition) is 0. The van der Waals surface area contributed by atoms with Gasteiger partial charge in [0.2, 0.25) is 0 Å². The zero-order valence-electron chi connectivity index (χ0n) is 10.9. The van der Waals surface area contributed by atoms with Crippen molar-refractivity contribution in [1.29, 1.82) is 0 Å². The van der Waals surface area contributed by atoms with E-state index in [9.17, 15) is 0 Å². The molecule has 0 fully saturated rings. The molecule has 100 valence electrons. The third-order valence-corrected chi connectivity index (χ3v) is 3.09. The number of aromatic nitrogens is 2. The molecule has 0 radical (unpaired) electrons. The monoisotopic (exact) mass is 278 g/mol. The first-order valence-corrected chi connectivity index (χ1v) is 6.30. The van der Waals surface area contributed by atoms with Crippen molar-refractivity contribution in [3.63, 3.8) is 0 Å². The second-order valence-electron chi connectivity index (χ2n) is 3.98. The Bertz CT molecular complexity index is 561. The minimum absolute atomic E-state index is 0.455. The Morgan fingerprint density at radius 3 is 2.74 bits per heavy atom. The summed E-state index contributed by atoms with van der Waals surface area (Å²) in [5.41, 5.74) is 2.53. The Balaban J connectivity index is 2.36. The van der Waals surface area contributed by atoms with Crippen molar-refractivity contribution in [2.45, 2.75) is 6.92 Å². The van der Waals surface area contributed by atoms with E-state index in [0.717, 1.165) is 22.6 Å². The summed E-state index contributed by atoms with van der Waals surface area (Å²) in [6, 6.07) is 7.71. The molecule has 0 N–H and O–H groups in total. The van der Waals surface area contributed by atoms with Gasteiger partial charge in [0.15, 0.2) is 0 Å². The Morgan fingerprint density at radius 1 is 1.16 bits per heavy atom. The highest BCUT2D eigenvalue weighted by Crippen LogP contribution is 2.32. The van der Waals surface area contributed by atoms with E-state index in [-0.39, 0.29) is 0 Å². The first-order valence-electron chi connectivity index (χ1n) is 5.92. The lowest BCUT2D eigenvalue weighted by atomic mass is 10.1. The van der Waals surface area contributed by atoms with Gasteiger partial charge in [0, 0.05) is 18.2 Å². The molecule has 5 heteroatoms. The average molecular weight is 279 g/mol. The van der Waals surface area contributed by atoms with Crippen LogP contribution in [0.4, 0.5) is 0 Å². The van der Waals surface area contributed by atoms with Crippen LogP contribution in [0.25, 0.3) is 11.3 Å². The molecular weight excluding hydrogens is 264 g/mol. The van der Waals surface area contributed by atoms with Crippen molar-refractivity contribution in [3.8, 4) is 17.0 Å². The summed E-state index contributed by atoms with van der Waals surface area (Å²) < 4.78 is 10.7. The molecule has 0 unspecified atom stereocenters. The average Bonchev–Trinajstić information content (AvgIpc) is 2.43. The molecule has 1 aromatic carbocycles. The van der Waals surface area contributed by atoms with Crippen molar-refractivity contribution in [2.24, 2.45) is 0 Å². The van der Waals surface area contributed by atoms with E-state index in [4.69, 9.17) is 21.1 Å². The van der Waals surface area contributed by atoms with E-state index in [1.165, 1.54) is 6.33 Å². The zero-order chi connectivity index (χ0) is 13.7. The van der Waals surface area contributed by atoms with Gasteiger partial charge < -0.3 is 9.47 Å². The number of methoxy groups -OCH3 is 1. The summed E-state index contributed by atoms with van der Waals surface area (Å²) >= 11 is 6.03. The largest absolute Gasteiger partial charge is 0.490 e. The van der Waals surface area contributed by atoms with Crippen LogP contribution in [-0.2, 0) is 4.74 Å². The zero-order valence-corrected chi connectivity index (χ0v) is 11.6. The predicted molar refractivity (Wildman–Crippen MR) is 74.6 cm³/mol. The third-order valence-electron chi connectivity index (χ3n) is 2.71. The van der Waals surface area contributed by atoms with Gasteiger partial charge in [-0.15, -0.1) is 0 Å². The van der Waals surface area contributed by atoms with Gasteiger partial charge in [-0.1, -0.05) is 23.7 Å². The molecular formula is C14H15ClN2O2. The van der Waals surface area contributed by atoms with Crippen molar-refractivity contribution in [1.82, 2.24) is 9.97 Å². The third kappa shape index (κ3) is 3.22. The van der Waals surface area contributed by atoms with Crippen LogP contribution < -0.4 is 4.74 Å². The maximum Gasteiger partial charge on any atom is 0.135 e. The number of ether oxygens (including phenoxy) is 2. The first kappa shape index (κ1) is 13.8. The van der Waals surface area contributed by atoms with Gasteiger partial charge in [0.1, 0.15) is 23.8 Å². The van der Waals surface area contributed by atoms with Crippen molar-refractivity contribution < 1.29 is 9.47 Å². The highest BCUT2D eigenvalue weighted by Gasteiger charge is 2.12. The van der Waals surface area contributed by atoms with E-state index in [1.54, 1.807) is 7.11 Å². The second-order valence-corrected chi connectivity index (χ2v) is 4.33. The first-order chi connectivity index (χ1) is 9.24. The minimum atomic E-state index is 0.455. The van der Waals surface area contributed by atoms with Crippen molar-refractivity contribution in [3.05, 3.63) is 41.3 Å². The van der Waals surface area contributed by atoms with E-state index in [1.807, 2.05) is 31.2 Å². The normalized spacial score (nSPS) is 10.5. The Labute approximate surface area is 117 Å². The number of rotatable bonds is 5. The lowest BCUT2D eigenvalue weighted by molar-refractivity contribution is 0.146. The molecule has 0 aliphatic carbocycles. The van der Waals surface area contributed by atoms with E-state index >= 15 is 0 Å². The molecule has 0 atom stereocenters. The molecule has 0 amide bonds. The van der Waals surface area contributed by atoms with Crippen molar-refractivity contribution >= 4 is 11.6 Å². The number of halogens is 1. The predicted octanol–water partition coefficient (Wildman–Crippen LogP) is 3.13. The quantitative estimate of drug-likeness (QED) is 0.623. The van der Waals surface area contributed by atoms with Gasteiger partial charge >= 0.3 is 0 Å². The molecule has 2 aromatic rings. The molecule has 2 rings (SSSR count). The van der Waals surface area contributed by atoms with Gasteiger partial charge in [0.05, 0.1) is 12.3 Å². The standard InChI is InChI=1S/C14H15ClN2O2/c1-10-13(16-9-17-14(10)15)11-5-3-4-6-12(11)19-8-7-18-2/h3-6,9H,7-8H2,1-2H3. The van der Waals surface area contributed by atoms with Gasteiger partial charge in [0.25, 0.3) is 0 Å². The number of para-hydroxylation sites is 1. The molecule has 1 heterocycles. The number of nitrogens with zero attached hydrogens (tertiary/aromatic N) is 2. The summed E-state index contributed by atoms with van der Waals surface area (Å²) in [6.45, 7) is 2.92. The fourth-order valence-electron chi connectivity index (χ4n) is 1.72. The fraction of sp³-hybridized carbons (Fsp3) is 0.286. The molecule has 0 spiro atoms.